The van der Waals surface area contributed by atoms with Crippen LogP contribution in [0, 0.1) is 0 Å². The third-order valence-electron chi connectivity index (χ3n) is 4.93. The maximum atomic E-state index is 12.7. The van der Waals surface area contributed by atoms with E-state index in [0.717, 1.165) is 43.2 Å². The summed E-state index contributed by atoms with van der Waals surface area (Å²) in [6.45, 7) is 4.34. The minimum atomic E-state index is -0.122. The Morgan fingerprint density at radius 1 is 1.07 bits per heavy atom. The zero-order chi connectivity index (χ0) is 19.3. The van der Waals surface area contributed by atoms with Crippen molar-refractivity contribution in [2.75, 3.05) is 38.1 Å². The molecule has 0 radical (unpaired) electrons. The molecule has 1 aromatic carbocycles. The molecule has 8 heteroatoms. The van der Waals surface area contributed by atoms with Crippen molar-refractivity contribution in [2.45, 2.75) is 6.54 Å². The van der Waals surface area contributed by atoms with Crippen LogP contribution in [0.1, 0.15) is 15.9 Å². The first kappa shape index (κ1) is 18.1. The van der Waals surface area contributed by atoms with Crippen molar-refractivity contribution < 1.29 is 4.79 Å². The number of anilines is 1. The van der Waals surface area contributed by atoms with Gasteiger partial charge in [-0.2, -0.15) is 0 Å². The van der Waals surface area contributed by atoms with E-state index in [1.165, 1.54) is 0 Å². The smallest absolute Gasteiger partial charge is 0.251 e. The number of piperazine rings is 1. The maximum Gasteiger partial charge on any atom is 0.251 e. The number of benzene rings is 1. The molecule has 1 N–H and O–H groups in total. The van der Waals surface area contributed by atoms with Crippen molar-refractivity contribution in [3.8, 4) is 5.69 Å². The third-order valence-corrected chi connectivity index (χ3v) is 4.93. The second kappa shape index (κ2) is 8.18. The monoisotopic (exact) mass is 377 g/mol. The van der Waals surface area contributed by atoms with Crippen LogP contribution in [0.2, 0.25) is 0 Å². The average Bonchev–Trinajstić information content (AvgIpc) is 3.28. The first-order valence-corrected chi connectivity index (χ1v) is 9.31. The minimum absolute atomic E-state index is 0.122. The van der Waals surface area contributed by atoms with Gasteiger partial charge in [0, 0.05) is 55.7 Å². The van der Waals surface area contributed by atoms with Gasteiger partial charge in [0.1, 0.15) is 18.5 Å². The van der Waals surface area contributed by atoms with Gasteiger partial charge in [0.15, 0.2) is 0 Å². The normalized spacial score (nSPS) is 14.8. The fourth-order valence-electron chi connectivity index (χ4n) is 3.29. The van der Waals surface area contributed by atoms with Gasteiger partial charge in [0.2, 0.25) is 0 Å². The highest BCUT2D eigenvalue weighted by Gasteiger charge is 2.18. The molecule has 1 amide bonds. The first-order chi connectivity index (χ1) is 13.7. The van der Waals surface area contributed by atoms with E-state index in [1.54, 1.807) is 23.3 Å². The Hall–Kier alpha value is -3.26. The zero-order valence-corrected chi connectivity index (χ0v) is 15.8. The van der Waals surface area contributed by atoms with Gasteiger partial charge in [-0.3, -0.25) is 9.36 Å². The van der Waals surface area contributed by atoms with E-state index in [4.69, 9.17) is 0 Å². The summed E-state index contributed by atoms with van der Waals surface area (Å²) in [6.07, 6.45) is 5.02. The van der Waals surface area contributed by atoms with Gasteiger partial charge in [-0.05, 0) is 31.3 Å². The topological polar surface area (TPSA) is 79.2 Å². The predicted octanol–water partition coefficient (Wildman–Crippen LogP) is 1.34. The summed E-state index contributed by atoms with van der Waals surface area (Å²) >= 11 is 0. The number of carbonyl (C=O) groups excluding carboxylic acids is 1. The van der Waals surface area contributed by atoms with E-state index in [2.05, 4.69) is 37.3 Å². The molecule has 3 heterocycles. The van der Waals surface area contributed by atoms with Crippen LogP contribution in [-0.2, 0) is 6.54 Å². The molecule has 28 heavy (non-hydrogen) atoms. The lowest BCUT2D eigenvalue weighted by Crippen LogP contribution is -2.45. The second-order valence-corrected chi connectivity index (χ2v) is 6.88. The Bertz CT molecular complexity index is 933. The molecular formula is C20H23N7O. The van der Waals surface area contributed by atoms with Crippen LogP contribution in [-0.4, -0.2) is 63.8 Å². The van der Waals surface area contributed by atoms with Gasteiger partial charge in [0.05, 0.1) is 0 Å². The van der Waals surface area contributed by atoms with Gasteiger partial charge in [-0.15, -0.1) is 10.2 Å². The lowest BCUT2D eigenvalue weighted by Gasteiger charge is -2.34. The molecule has 0 saturated carbocycles. The molecule has 0 atom stereocenters. The van der Waals surface area contributed by atoms with E-state index in [1.807, 2.05) is 36.5 Å². The summed E-state index contributed by atoms with van der Waals surface area (Å²) in [4.78, 5) is 21.8. The Kier molecular flexibility index (Phi) is 5.29. The molecule has 8 nitrogen and oxygen atoms in total. The molecule has 4 rings (SSSR count). The standard InChI is InChI=1S/C20H23N7O/c1-25-8-10-26(11-9-25)19-17(5-3-7-21-19)13-22-20(28)16-4-2-6-18(12-16)27-14-23-24-15-27/h2-7,12,14-15H,8-11,13H2,1H3,(H,22,28). The number of rotatable bonds is 5. The Morgan fingerprint density at radius 3 is 2.64 bits per heavy atom. The predicted molar refractivity (Wildman–Crippen MR) is 106 cm³/mol. The van der Waals surface area contributed by atoms with Crippen molar-refractivity contribution in [1.82, 2.24) is 30.0 Å². The van der Waals surface area contributed by atoms with E-state index in [0.29, 0.717) is 12.1 Å². The van der Waals surface area contributed by atoms with E-state index in [9.17, 15) is 4.79 Å². The number of hydrogen-bond donors (Lipinski definition) is 1. The average molecular weight is 377 g/mol. The molecule has 0 unspecified atom stereocenters. The van der Waals surface area contributed by atoms with Crippen LogP contribution in [0.4, 0.5) is 5.82 Å². The molecule has 1 aliphatic rings. The van der Waals surface area contributed by atoms with Gasteiger partial charge in [-0.25, -0.2) is 4.98 Å². The van der Waals surface area contributed by atoms with Gasteiger partial charge < -0.3 is 15.1 Å². The zero-order valence-electron chi connectivity index (χ0n) is 15.8. The molecule has 0 bridgehead atoms. The highest BCUT2D eigenvalue weighted by atomic mass is 16.1. The summed E-state index contributed by atoms with van der Waals surface area (Å²) in [7, 11) is 2.13. The number of nitrogens with zero attached hydrogens (tertiary/aromatic N) is 6. The molecule has 144 valence electrons. The summed E-state index contributed by atoms with van der Waals surface area (Å²) in [5.41, 5.74) is 2.46. The van der Waals surface area contributed by atoms with Gasteiger partial charge in [-0.1, -0.05) is 12.1 Å². The first-order valence-electron chi connectivity index (χ1n) is 9.31. The van der Waals surface area contributed by atoms with E-state index < -0.39 is 0 Å². The van der Waals surface area contributed by atoms with Crippen LogP contribution < -0.4 is 10.2 Å². The van der Waals surface area contributed by atoms with E-state index in [-0.39, 0.29) is 5.91 Å². The number of amides is 1. The van der Waals surface area contributed by atoms with Gasteiger partial charge >= 0.3 is 0 Å². The molecule has 0 spiro atoms. The number of carbonyl (C=O) groups is 1. The van der Waals surface area contributed by atoms with Crippen molar-refractivity contribution in [3.63, 3.8) is 0 Å². The number of aromatic nitrogens is 4. The van der Waals surface area contributed by atoms with Crippen LogP contribution in [0.15, 0.2) is 55.2 Å². The van der Waals surface area contributed by atoms with Crippen molar-refractivity contribution in [1.29, 1.82) is 0 Å². The van der Waals surface area contributed by atoms with Crippen molar-refractivity contribution >= 4 is 11.7 Å². The fraction of sp³-hybridized carbons (Fsp3) is 0.300. The van der Waals surface area contributed by atoms with Crippen molar-refractivity contribution in [3.05, 3.63) is 66.4 Å². The van der Waals surface area contributed by atoms with Crippen molar-refractivity contribution in [2.24, 2.45) is 0 Å². The molecular weight excluding hydrogens is 354 g/mol. The largest absolute Gasteiger partial charge is 0.354 e. The SMILES string of the molecule is CN1CCN(c2ncccc2CNC(=O)c2cccc(-n3cnnc3)c2)CC1. The third kappa shape index (κ3) is 4.01. The fourth-order valence-corrected chi connectivity index (χ4v) is 3.29. The summed E-state index contributed by atoms with van der Waals surface area (Å²) in [5, 5.41) is 10.6. The lowest BCUT2D eigenvalue weighted by atomic mass is 10.1. The molecule has 1 aliphatic heterocycles. The van der Waals surface area contributed by atoms with Crippen LogP contribution in [0.25, 0.3) is 5.69 Å². The molecule has 0 aliphatic carbocycles. The van der Waals surface area contributed by atoms with E-state index >= 15 is 0 Å². The quantitative estimate of drug-likeness (QED) is 0.723. The number of nitrogens with one attached hydrogen (secondary N) is 1. The number of likely N-dealkylation sites (N-methyl/N-ethyl adjacent to an activating group) is 1. The molecule has 1 saturated heterocycles. The van der Waals surface area contributed by atoms with Crippen LogP contribution in [0.3, 0.4) is 0 Å². The maximum absolute atomic E-state index is 12.7. The second-order valence-electron chi connectivity index (χ2n) is 6.88. The molecule has 3 aromatic rings. The minimum Gasteiger partial charge on any atom is -0.354 e. The van der Waals surface area contributed by atoms with Gasteiger partial charge in [0.25, 0.3) is 5.91 Å². The Balaban J connectivity index is 1.45. The summed E-state index contributed by atoms with van der Waals surface area (Å²) in [5.74, 6) is 0.831. The molecule has 2 aromatic heterocycles. The van der Waals surface area contributed by atoms with Crippen LogP contribution >= 0.6 is 0 Å². The lowest BCUT2D eigenvalue weighted by molar-refractivity contribution is 0.0951. The summed E-state index contributed by atoms with van der Waals surface area (Å²) in [6, 6.07) is 11.3. The molecule has 1 fully saturated rings. The number of pyridine rings is 1. The highest BCUT2D eigenvalue weighted by Crippen LogP contribution is 2.19. The Labute approximate surface area is 163 Å². The Morgan fingerprint density at radius 2 is 1.86 bits per heavy atom. The summed E-state index contributed by atoms with van der Waals surface area (Å²) < 4.78 is 1.77. The number of hydrogen-bond acceptors (Lipinski definition) is 6. The highest BCUT2D eigenvalue weighted by molar-refractivity contribution is 5.94. The van der Waals surface area contributed by atoms with Crippen LogP contribution in [0.5, 0.6) is 0 Å².